The number of aromatic nitrogens is 2. The van der Waals surface area contributed by atoms with E-state index < -0.39 is 5.82 Å². The highest BCUT2D eigenvalue weighted by atomic mass is 35.5. The van der Waals surface area contributed by atoms with Gasteiger partial charge in [-0.05, 0) is 48.6 Å². The van der Waals surface area contributed by atoms with Gasteiger partial charge in [-0.2, -0.15) is 0 Å². The van der Waals surface area contributed by atoms with Crippen molar-refractivity contribution in [2.45, 2.75) is 26.2 Å². The molecule has 3 aromatic rings. The number of halogens is 4. The third kappa shape index (κ3) is 4.21. The number of aryl methyl sites for hydroxylation is 1. The molecule has 0 amide bonds. The van der Waals surface area contributed by atoms with Gasteiger partial charge in [0.25, 0.3) is 0 Å². The number of hydrogen-bond acceptors (Lipinski definition) is 1. The van der Waals surface area contributed by atoms with E-state index in [0.717, 1.165) is 30.7 Å². The van der Waals surface area contributed by atoms with Crippen molar-refractivity contribution in [3.63, 3.8) is 0 Å². The molecule has 0 saturated carbocycles. The first-order valence-corrected chi connectivity index (χ1v) is 8.82. The molecule has 1 atom stereocenters. The summed E-state index contributed by atoms with van der Waals surface area (Å²) in [5.74, 6) is 0.803. The molecule has 24 heavy (non-hydrogen) atoms. The molecule has 1 N–H and O–H groups in total. The Hall–Kier alpha value is -1.29. The monoisotopic (exact) mass is 384 g/mol. The van der Waals surface area contributed by atoms with Crippen molar-refractivity contribution < 1.29 is 4.39 Å². The van der Waals surface area contributed by atoms with Crippen LogP contribution in [-0.4, -0.2) is 9.97 Å². The van der Waals surface area contributed by atoms with Crippen molar-refractivity contribution in [2.75, 3.05) is 0 Å². The summed E-state index contributed by atoms with van der Waals surface area (Å²) in [5, 5.41) is 1.40. The molecule has 0 saturated heterocycles. The number of nitrogens with one attached hydrogen (secondary N) is 1. The van der Waals surface area contributed by atoms with Crippen LogP contribution in [0.4, 0.5) is 4.39 Å². The van der Waals surface area contributed by atoms with E-state index in [-0.39, 0.29) is 5.02 Å². The molecule has 2 nitrogen and oxygen atoms in total. The predicted octanol–water partition coefficient (Wildman–Crippen LogP) is 6.47. The summed E-state index contributed by atoms with van der Waals surface area (Å²) in [4.78, 5) is 7.65. The van der Waals surface area contributed by atoms with Gasteiger partial charge in [0.1, 0.15) is 11.6 Å². The Morgan fingerprint density at radius 3 is 2.50 bits per heavy atom. The minimum Gasteiger partial charge on any atom is -0.342 e. The summed E-state index contributed by atoms with van der Waals surface area (Å²) in [7, 11) is 0. The van der Waals surface area contributed by atoms with Crippen LogP contribution in [0.1, 0.15) is 24.7 Å². The molecule has 3 rings (SSSR count). The van der Waals surface area contributed by atoms with E-state index in [1.54, 1.807) is 12.1 Å². The maximum atomic E-state index is 13.5. The van der Waals surface area contributed by atoms with Crippen LogP contribution >= 0.6 is 34.8 Å². The van der Waals surface area contributed by atoms with Gasteiger partial charge in [0, 0.05) is 22.5 Å². The SMILES string of the molecule is CC(CCc1cc(Cl)cc(Cl)c1)Cc1nc2cc(Cl)c(F)cc2[nH]1. The number of H-pyrrole nitrogens is 1. The Labute approximate surface area is 154 Å². The van der Waals surface area contributed by atoms with Gasteiger partial charge in [0.2, 0.25) is 0 Å². The largest absolute Gasteiger partial charge is 0.342 e. The normalized spacial score (nSPS) is 12.7. The van der Waals surface area contributed by atoms with Crippen LogP contribution in [-0.2, 0) is 12.8 Å². The molecule has 1 heterocycles. The predicted molar refractivity (Wildman–Crippen MR) is 98.7 cm³/mol. The number of imidazole rings is 1. The third-order valence-corrected chi connectivity index (χ3v) is 4.69. The van der Waals surface area contributed by atoms with E-state index >= 15 is 0 Å². The highest BCUT2D eigenvalue weighted by Gasteiger charge is 2.11. The maximum Gasteiger partial charge on any atom is 0.144 e. The number of nitrogens with zero attached hydrogens (tertiary/aromatic N) is 1. The van der Waals surface area contributed by atoms with Crippen LogP contribution in [0.25, 0.3) is 11.0 Å². The molecule has 0 aliphatic rings. The Morgan fingerprint density at radius 1 is 1.08 bits per heavy atom. The molecule has 0 aliphatic heterocycles. The highest BCUT2D eigenvalue weighted by molar-refractivity contribution is 6.34. The van der Waals surface area contributed by atoms with E-state index in [1.165, 1.54) is 6.07 Å². The van der Waals surface area contributed by atoms with Crippen LogP contribution in [0.15, 0.2) is 30.3 Å². The van der Waals surface area contributed by atoms with Gasteiger partial charge in [0.15, 0.2) is 0 Å². The molecule has 0 fully saturated rings. The fourth-order valence-corrected chi connectivity index (χ4v) is 3.48. The summed E-state index contributed by atoms with van der Waals surface area (Å²) < 4.78 is 13.5. The molecule has 0 bridgehead atoms. The van der Waals surface area contributed by atoms with Crippen LogP contribution in [0.3, 0.4) is 0 Å². The van der Waals surface area contributed by atoms with E-state index in [2.05, 4.69) is 16.9 Å². The zero-order valence-corrected chi connectivity index (χ0v) is 15.3. The Balaban J connectivity index is 1.65. The summed E-state index contributed by atoms with van der Waals surface area (Å²) in [6.45, 7) is 2.16. The molecule has 0 spiro atoms. The quantitative estimate of drug-likeness (QED) is 0.535. The molecule has 2 aromatic carbocycles. The lowest BCUT2D eigenvalue weighted by Crippen LogP contribution is -2.03. The molecular weight excluding hydrogens is 370 g/mol. The minimum absolute atomic E-state index is 0.0893. The summed E-state index contributed by atoms with van der Waals surface area (Å²) in [6.07, 6.45) is 2.65. The van der Waals surface area contributed by atoms with E-state index in [9.17, 15) is 4.39 Å². The number of fused-ring (bicyclic) bond motifs is 1. The zero-order valence-electron chi connectivity index (χ0n) is 13.0. The zero-order chi connectivity index (χ0) is 17.3. The number of benzene rings is 2. The van der Waals surface area contributed by atoms with Crippen molar-refractivity contribution in [1.29, 1.82) is 0 Å². The number of aromatic amines is 1. The van der Waals surface area contributed by atoms with Gasteiger partial charge in [0.05, 0.1) is 16.1 Å². The topological polar surface area (TPSA) is 28.7 Å². The fourth-order valence-electron chi connectivity index (χ4n) is 2.75. The summed E-state index contributed by atoms with van der Waals surface area (Å²) in [5.41, 5.74) is 2.48. The average Bonchev–Trinajstić information content (AvgIpc) is 2.86. The fraction of sp³-hybridized carbons (Fsp3) is 0.278. The van der Waals surface area contributed by atoms with Crippen molar-refractivity contribution in [1.82, 2.24) is 9.97 Å². The first kappa shape index (κ1) is 17.5. The average molecular weight is 386 g/mol. The van der Waals surface area contributed by atoms with Gasteiger partial charge >= 0.3 is 0 Å². The molecule has 6 heteroatoms. The Bertz CT molecular complexity index is 817. The second kappa shape index (κ2) is 7.30. The lowest BCUT2D eigenvalue weighted by Gasteiger charge is -2.10. The van der Waals surface area contributed by atoms with Gasteiger partial charge in [-0.1, -0.05) is 41.7 Å². The van der Waals surface area contributed by atoms with E-state index in [0.29, 0.717) is 27.0 Å². The maximum absolute atomic E-state index is 13.5. The molecule has 1 aromatic heterocycles. The molecule has 0 aliphatic carbocycles. The lowest BCUT2D eigenvalue weighted by molar-refractivity contribution is 0.519. The molecule has 0 radical (unpaired) electrons. The molecule has 126 valence electrons. The van der Waals surface area contributed by atoms with Gasteiger partial charge in [-0.25, -0.2) is 9.37 Å². The summed E-state index contributed by atoms with van der Waals surface area (Å²) >= 11 is 17.8. The second-order valence-electron chi connectivity index (χ2n) is 6.09. The van der Waals surface area contributed by atoms with Crippen molar-refractivity contribution in [2.24, 2.45) is 5.92 Å². The Morgan fingerprint density at radius 2 is 1.79 bits per heavy atom. The number of hydrogen-bond donors (Lipinski definition) is 1. The standard InChI is InChI=1S/C18H16Cl3FN2/c1-10(2-3-11-5-12(19)7-13(20)6-11)4-18-23-16-8-14(21)15(22)9-17(16)24-18/h5-10H,2-4H2,1H3,(H,23,24). The minimum atomic E-state index is -0.440. The number of rotatable bonds is 5. The Kier molecular flexibility index (Phi) is 5.33. The summed E-state index contributed by atoms with van der Waals surface area (Å²) in [6, 6.07) is 8.53. The van der Waals surface area contributed by atoms with Crippen LogP contribution in [0.2, 0.25) is 15.1 Å². The molecule has 1 unspecified atom stereocenters. The smallest absolute Gasteiger partial charge is 0.144 e. The molecular formula is C18H16Cl3FN2. The van der Waals surface area contributed by atoms with E-state index in [1.807, 2.05) is 12.1 Å². The van der Waals surface area contributed by atoms with Crippen molar-refractivity contribution >= 4 is 45.8 Å². The van der Waals surface area contributed by atoms with E-state index in [4.69, 9.17) is 34.8 Å². The highest BCUT2D eigenvalue weighted by Crippen LogP contribution is 2.24. The second-order valence-corrected chi connectivity index (χ2v) is 7.37. The first-order chi connectivity index (χ1) is 11.4. The van der Waals surface area contributed by atoms with Crippen molar-refractivity contribution in [3.8, 4) is 0 Å². The third-order valence-electron chi connectivity index (χ3n) is 3.96. The van der Waals surface area contributed by atoms with Gasteiger partial charge in [-0.3, -0.25) is 0 Å². The first-order valence-electron chi connectivity index (χ1n) is 7.69. The van der Waals surface area contributed by atoms with Gasteiger partial charge in [-0.15, -0.1) is 0 Å². The van der Waals surface area contributed by atoms with Crippen LogP contribution in [0.5, 0.6) is 0 Å². The van der Waals surface area contributed by atoms with Gasteiger partial charge < -0.3 is 4.98 Å². The van der Waals surface area contributed by atoms with Crippen LogP contribution < -0.4 is 0 Å². The lowest BCUT2D eigenvalue weighted by atomic mass is 9.98. The van der Waals surface area contributed by atoms with Crippen molar-refractivity contribution in [3.05, 3.63) is 62.6 Å². The van der Waals surface area contributed by atoms with Crippen LogP contribution in [0, 0.1) is 11.7 Å².